The van der Waals surface area contributed by atoms with Crippen LogP contribution in [0.25, 0.3) is 0 Å². The molecule has 1 unspecified atom stereocenters. The van der Waals surface area contributed by atoms with Crippen molar-refractivity contribution in [3.8, 4) is 0 Å². The molecule has 0 bridgehead atoms. The third-order valence-corrected chi connectivity index (χ3v) is 14.5. The second-order valence-corrected chi connectivity index (χ2v) is 20.4. The highest BCUT2D eigenvalue weighted by atomic mass is 32.2. The smallest absolute Gasteiger partial charge is 0.309 e. The van der Waals surface area contributed by atoms with Gasteiger partial charge < -0.3 is 58.9 Å². The van der Waals surface area contributed by atoms with E-state index < -0.39 is 95.4 Å². The number of rotatable bonds is 15. The van der Waals surface area contributed by atoms with Crippen LogP contribution < -0.4 is 10.6 Å². The average molecular weight is 890 g/mol. The summed E-state index contributed by atoms with van der Waals surface area (Å²) in [4.78, 5) is 43.7. The van der Waals surface area contributed by atoms with Gasteiger partial charge in [0, 0.05) is 63.4 Å². The zero-order valence-corrected chi connectivity index (χ0v) is 40.8. The second kappa shape index (κ2) is 23.5. The maximum Gasteiger partial charge on any atom is 0.309 e. The number of hydrogen-bond acceptors (Lipinski definition) is 15. The number of carbonyl (C=O) groups excluding carboxylic acids is 3. The number of thioether (sulfide) groups is 1. The van der Waals surface area contributed by atoms with E-state index in [0.717, 1.165) is 18.1 Å². The molecular weight excluding hydrogens is 807 g/mol. The second-order valence-electron chi connectivity index (χ2n) is 19.0. The number of aliphatic hydroxyl groups is 2. The van der Waals surface area contributed by atoms with Gasteiger partial charge in [-0.1, -0.05) is 34.6 Å². The molecular formula is C45H83N3O12S. The van der Waals surface area contributed by atoms with Crippen molar-refractivity contribution < 1.29 is 57.8 Å². The molecule has 0 saturated carbocycles. The van der Waals surface area contributed by atoms with Gasteiger partial charge in [0.2, 0.25) is 5.91 Å². The summed E-state index contributed by atoms with van der Waals surface area (Å²) in [5, 5.41) is 29.9. The number of carbonyl (C=O) groups is 3. The zero-order chi connectivity index (χ0) is 46.0. The van der Waals surface area contributed by atoms with Crippen molar-refractivity contribution in [1.82, 2.24) is 15.5 Å². The Labute approximate surface area is 371 Å². The predicted molar refractivity (Wildman–Crippen MR) is 236 cm³/mol. The number of hydrogen-bond donors (Lipinski definition) is 4. The van der Waals surface area contributed by atoms with Crippen LogP contribution in [0.4, 0.5) is 0 Å². The van der Waals surface area contributed by atoms with E-state index >= 15 is 0 Å². The Kier molecular flexibility index (Phi) is 20.7. The average Bonchev–Trinajstić information content (AvgIpc) is 3.18. The molecule has 3 aliphatic heterocycles. The highest BCUT2D eigenvalue weighted by Crippen LogP contribution is 2.46. The van der Waals surface area contributed by atoms with E-state index in [2.05, 4.69) is 17.6 Å². The van der Waals surface area contributed by atoms with Gasteiger partial charge in [-0.25, -0.2) is 0 Å². The first kappa shape index (κ1) is 53.7. The number of esters is 2. The topological polar surface area (TPSA) is 184 Å². The van der Waals surface area contributed by atoms with Gasteiger partial charge >= 0.3 is 11.9 Å². The lowest BCUT2D eigenvalue weighted by molar-refractivity contribution is -0.304. The van der Waals surface area contributed by atoms with E-state index in [1.54, 1.807) is 28.1 Å². The van der Waals surface area contributed by atoms with E-state index in [9.17, 15) is 24.6 Å². The molecule has 0 aromatic carbocycles. The summed E-state index contributed by atoms with van der Waals surface area (Å²) in [5.74, 6) is -1.82. The SMILES string of the molecule is CCSCCNCCC(=O)O[C@H]1[C@H](C)OC([C@H]2[C@H](C)[C@@H](O[C@@H]3O[C@H](C)C[C@H](N(C)C)[C@H]3O)[C@](C)(OC)C[C@@H](C)C(=O)N[C@H](C)C[C@](C)(O)[C@@H](CC)OC(=O)[C@@H]2C)C[C@@]1(C)OC. The number of cyclic esters (lactones) is 1. The summed E-state index contributed by atoms with van der Waals surface area (Å²) >= 11 is 1.83. The van der Waals surface area contributed by atoms with Crippen molar-refractivity contribution in [1.29, 1.82) is 0 Å². The summed E-state index contributed by atoms with van der Waals surface area (Å²) in [7, 11) is 6.97. The number of methoxy groups -OCH3 is 2. The quantitative estimate of drug-likeness (QED) is 0.135. The highest BCUT2D eigenvalue weighted by molar-refractivity contribution is 7.99. The van der Waals surface area contributed by atoms with Crippen LogP contribution in [0.1, 0.15) is 115 Å². The Bertz CT molecular complexity index is 1390. The van der Waals surface area contributed by atoms with Crippen molar-refractivity contribution in [3.63, 3.8) is 0 Å². The van der Waals surface area contributed by atoms with Crippen LogP contribution in [0.3, 0.4) is 0 Å². The van der Waals surface area contributed by atoms with Crippen molar-refractivity contribution >= 4 is 29.6 Å². The molecule has 3 heterocycles. The van der Waals surface area contributed by atoms with Gasteiger partial charge in [-0.05, 0) is 93.0 Å². The summed E-state index contributed by atoms with van der Waals surface area (Å²) < 4.78 is 45.2. The highest BCUT2D eigenvalue weighted by Gasteiger charge is 2.56. The van der Waals surface area contributed by atoms with Gasteiger partial charge in [-0.2, -0.15) is 11.8 Å². The van der Waals surface area contributed by atoms with Crippen molar-refractivity contribution in [3.05, 3.63) is 0 Å². The Morgan fingerprint density at radius 3 is 2.18 bits per heavy atom. The van der Waals surface area contributed by atoms with Crippen LogP contribution in [-0.2, 0) is 47.5 Å². The van der Waals surface area contributed by atoms with Crippen LogP contribution in [-0.4, -0.2) is 164 Å². The molecule has 17 atom stereocenters. The molecule has 0 aromatic rings. The maximum atomic E-state index is 14.6. The molecule has 61 heavy (non-hydrogen) atoms. The first-order chi connectivity index (χ1) is 28.5. The van der Waals surface area contributed by atoms with E-state index in [-0.39, 0.29) is 49.7 Å². The fraction of sp³-hybridized carbons (Fsp3) is 0.933. The largest absolute Gasteiger partial charge is 0.459 e. The summed E-state index contributed by atoms with van der Waals surface area (Å²) in [5.41, 5.74) is -3.67. The first-order valence-corrected chi connectivity index (χ1v) is 23.8. The predicted octanol–water partition coefficient (Wildman–Crippen LogP) is 4.33. The molecule has 16 heteroatoms. The number of amides is 1. The lowest BCUT2D eigenvalue weighted by Crippen LogP contribution is -2.62. The Balaban J connectivity index is 2.16. The molecule has 3 fully saturated rings. The number of aliphatic hydroxyl groups excluding tert-OH is 1. The normalized spacial score (nSPS) is 42.3. The van der Waals surface area contributed by atoms with Gasteiger partial charge in [0.25, 0.3) is 0 Å². The van der Waals surface area contributed by atoms with Gasteiger partial charge in [-0.15, -0.1) is 0 Å². The fourth-order valence-corrected chi connectivity index (χ4v) is 10.6. The molecule has 356 valence electrons. The number of likely N-dealkylation sites (N-methyl/N-ethyl adjacent to an activating group) is 1. The van der Waals surface area contributed by atoms with Crippen LogP contribution >= 0.6 is 11.8 Å². The minimum atomic E-state index is -1.46. The zero-order valence-electron chi connectivity index (χ0n) is 40.0. The van der Waals surface area contributed by atoms with E-state index in [1.807, 2.05) is 86.1 Å². The summed E-state index contributed by atoms with van der Waals surface area (Å²) in [6.07, 6.45) is -4.55. The number of nitrogens with one attached hydrogen (secondary N) is 2. The minimum absolute atomic E-state index is 0.143. The summed E-state index contributed by atoms with van der Waals surface area (Å²) in [6, 6.07) is -0.717. The van der Waals surface area contributed by atoms with Gasteiger partial charge in [-0.3, -0.25) is 14.4 Å². The Morgan fingerprint density at radius 1 is 0.951 bits per heavy atom. The van der Waals surface area contributed by atoms with Crippen LogP contribution in [0.5, 0.6) is 0 Å². The molecule has 0 radical (unpaired) electrons. The lowest BCUT2D eigenvalue weighted by Gasteiger charge is -2.52. The molecule has 3 rings (SSSR count). The van der Waals surface area contributed by atoms with Gasteiger partial charge in [0.15, 0.2) is 12.4 Å². The van der Waals surface area contributed by atoms with E-state index in [0.29, 0.717) is 19.4 Å². The van der Waals surface area contributed by atoms with Gasteiger partial charge in [0.1, 0.15) is 23.4 Å². The van der Waals surface area contributed by atoms with Crippen LogP contribution in [0, 0.1) is 23.7 Å². The molecule has 1 amide bonds. The molecule has 0 aromatic heterocycles. The van der Waals surface area contributed by atoms with Gasteiger partial charge in [0.05, 0.1) is 42.4 Å². The summed E-state index contributed by atoms with van der Waals surface area (Å²) in [6.45, 7) is 21.8. The molecule has 4 N–H and O–H groups in total. The maximum absolute atomic E-state index is 14.6. The number of nitrogens with zero attached hydrogens (tertiary/aromatic N) is 1. The Hall–Kier alpha value is -1.60. The van der Waals surface area contributed by atoms with E-state index in [1.165, 1.54) is 0 Å². The standard InChI is InChI=1S/C45H83N3O12S/c1-16-34-43(9,53)24-27(4)47-40(51)26(3)23-44(10,54-14)38(60-42-37(50)32(48(12)13)22-28(5)56-42)29(6)36(30(7)41(52)58-34)33-25-45(11,55-15)39(31(8)57-33)59-35(49)18-19-46-20-21-61-17-2/h26-34,36-39,42,46,50,53H,16-25H2,1-15H3,(H,47,51)/t26-,27-,28-,29+,30-,31+,32+,33?,34-,36+,37-,38-,39+,42+,43+,44-,45-/m1/s1. The molecule has 3 aliphatic rings. The minimum Gasteiger partial charge on any atom is -0.459 e. The van der Waals surface area contributed by atoms with E-state index in [4.69, 9.17) is 33.2 Å². The van der Waals surface area contributed by atoms with Crippen LogP contribution in [0.15, 0.2) is 0 Å². The first-order valence-electron chi connectivity index (χ1n) is 22.6. The number of ether oxygens (including phenoxy) is 7. The van der Waals surface area contributed by atoms with Crippen LogP contribution in [0.2, 0.25) is 0 Å². The van der Waals surface area contributed by atoms with Crippen molar-refractivity contribution in [2.75, 3.05) is 52.9 Å². The lowest BCUT2D eigenvalue weighted by atomic mass is 9.68. The molecule has 15 nitrogen and oxygen atoms in total. The third-order valence-electron chi connectivity index (χ3n) is 13.6. The molecule has 0 aliphatic carbocycles. The Morgan fingerprint density at radius 2 is 1.59 bits per heavy atom. The van der Waals surface area contributed by atoms with Crippen molar-refractivity contribution in [2.24, 2.45) is 23.7 Å². The fourth-order valence-electron chi connectivity index (χ4n) is 10.1. The molecule has 3 saturated heterocycles. The third kappa shape index (κ3) is 13.9. The monoisotopic (exact) mass is 890 g/mol. The van der Waals surface area contributed by atoms with Crippen molar-refractivity contribution in [2.45, 2.75) is 193 Å². The molecule has 0 spiro atoms.